The molecule has 88 valence electrons. The molecule has 2 rings (SSSR count). The van der Waals surface area contributed by atoms with Crippen LogP contribution in [0.3, 0.4) is 0 Å². The Hall–Kier alpha value is -0.450. The van der Waals surface area contributed by atoms with Gasteiger partial charge in [-0.1, -0.05) is 22.0 Å². The van der Waals surface area contributed by atoms with Gasteiger partial charge in [-0.2, -0.15) is 0 Å². The van der Waals surface area contributed by atoms with Crippen molar-refractivity contribution in [3.8, 4) is 0 Å². The average molecular weight is 287 g/mol. The van der Waals surface area contributed by atoms with Gasteiger partial charge in [-0.15, -0.1) is 0 Å². The molecule has 0 amide bonds. The number of hydrogen-bond acceptors (Lipinski definition) is 2. The van der Waals surface area contributed by atoms with Crippen LogP contribution in [0.2, 0.25) is 0 Å². The van der Waals surface area contributed by atoms with Crippen molar-refractivity contribution < 1.29 is 4.39 Å². The molecule has 0 spiro atoms. The average Bonchev–Trinajstić information content (AvgIpc) is 2.26. The zero-order chi connectivity index (χ0) is 11.5. The van der Waals surface area contributed by atoms with E-state index >= 15 is 0 Å². The van der Waals surface area contributed by atoms with E-state index in [1.165, 1.54) is 6.07 Å². The Morgan fingerprint density at radius 1 is 1.25 bits per heavy atom. The summed E-state index contributed by atoms with van der Waals surface area (Å²) in [6.07, 6.45) is 0. The minimum Gasteiger partial charge on any atom is -0.304 e. The van der Waals surface area contributed by atoms with Crippen LogP contribution in [0, 0.1) is 5.82 Å². The Morgan fingerprint density at radius 3 is 2.56 bits per heavy atom. The summed E-state index contributed by atoms with van der Waals surface area (Å²) in [5.41, 5.74) is 0.770. The molecule has 1 aliphatic heterocycles. The molecule has 4 heteroatoms. The zero-order valence-electron chi connectivity index (χ0n) is 9.42. The van der Waals surface area contributed by atoms with E-state index in [0.29, 0.717) is 6.54 Å². The van der Waals surface area contributed by atoms with Crippen LogP contribution in [0.4, 0.5) is 4.39 Å². The molecule has 0 atom stereocenters. The lowest BCUT2D eigenvalue weighted by atomic mass is 10.2. The fourth-order valence-electron chi connectivity index (χ4n) is 1.91. The molecule has 1 saturated heterocycles. The van der Waals surface area contributed by atoms with Gasteiger partial charge in [0.25, 0.3) is 0 Å². The van der Waals surface area contributed by atoms with Crippen molar-refractivity contribution in [1.29, 1.82) is 0 Å². The van der Waals surface area contributed by atoms with Crippen molar-refractivity contribution >= 4 is 15.9 Å². The van der Waals surface area contributed by atoms with E-state index in [4.69, 9.17) is 0 Å². The van der Waals surface area contributed by atoms with Crippen molar-refractivity contribution in [1.82, 2.24) is 9.80 Å². The highest BCUT2D eigenvalue weighted by molar-refractivity contribution is 9.10. The smallest absolute Gasteiger partial charge is 0.128 e. The lowest BCUT2D eigenvalue weighted by Crippen LogP contribution is -2.44. The standard InChI is InChI=1S/C12H16BrFN2/c1-15-5-7-16(8-6-15)9-10-11(13)3-2-4-12(10)14/h2-4H,5-9H2,1H3. The van der Waals surface area contributed by atoms with Gasteiger partial charge in [-0.25, -0.2) is 4.39 Å². The largest absolute Gasteiger partial charge is 0.304 e. The maximum Gasteiger partial charge on any atom is 0.128 e. The van der Waals surface area contributed by atoms with E-state index < -0.39 is 0 Å². The Balaban J connectivity index is 2.04. The molecule has 0 aromatic heterocycles. The van der Waals surface area contributed by atoms with Crippen LogP contribution in [0.1, 0.15) is 5.56 Å². The summed E-state index contributed by atoms with van der Waals surface area (Å²) in [6.45, 7) is 4.84. The van der Waals surface area contributed by atoms with E-state index in [1.807, 2.05) is 6.07 Å². The quantitative estimate of drug-likeness (QED) is 0.824. The second kappa shape index (κ2) is 5.25. The number of nitrogens with zero attached hydrogens (tertiary/aromatic N) is 2. The SMILES string of the molecule is CN1CCN(Cc2c(F)cccc2Br)CC1. The Morgan fingerprint density at radius 2 is 1.94 bits per heavy atom. The summed E-state index contributed by atoms with van der Waals surface area (Å²) in [6, 6.07) is 5.15. The predicted octanol–water partition coefficient (Wildman–Crippen LogP) is 2.34. The van der Waals surface area contributed by atoms with E-state index in [1.54, 1.807) is 6.07 Å². The number of likely N-dealkylation sites (N-methyl/N-ethyl adjacent to an activating group) is 1. The number of piperazine rings is 1. The lowest BCUT2D eigenvalue weighted by molar-refractivity contribution is 0.146. The van der Waals surface area contributed by atoms with Crippen LogP contribution < -0.4 is 0 Å². The van der Waals surface area contributed by atoms with E-state index in [0.717, 1.165) is 36.2 Å². The fraction of sp³-hybridized carbons (Fsp3) is 0.500. The predicted molar refractivity (Wildman–Crippen MR) is 66.9 cm³/mol. The molecule has 0 aliphatic carbocycles. The van der Waals surface area contributed by atoms with Gasteiger partial charge in [-0.05, 0) is 19.2 Å². The fourth-order valence-corrected chi connectivity index (χ4v) is 2.38. The number of hydrogen-bond donors (Lipinski definition) is 0. The first kappa shape index (κ1) is 12.0. The molecule has 1 aromatic carbocycles. The Labute approximate surface area is 104 Å². The number of benzene rings is 1. The van der Waals surface area contributed by atoms with E-state index in [-0.39, 0.29) is 5.82 Å². The van der Waals surface area contributed by atoms with E-state index in [2.05, 4.69) is 32.8 Å². The molecule has 1 fully saturated rings. The third kappa shape index (κ3) is 2.81. The summed E-state index contributed by atoms with van der Waals surface area (Å²) in [7, 11) is 2.12. The van der Waals surface area contributed by atoms with Gasteiger partial charge in [0.05, 0.1) is 0 Å². The summed E-state index contributed by atoms with van der Waals surface area (Å²) in [4.78, 5) is 4.59. The maximum atomic E-state index is 13.6. The summed E-state index contributed by atoms with van der Waals surface area (Å²) >= 11 is 3.41. The van der Waals surface area contributed by atoms with Crippen LogP contribution in [0.5, 0.6) is 0 Å². The molecule has 1 aliphatic rings. The van der Waals surface area contributed by atoms with Gasteiger partial charge >= 0.3 is 0 Å². The molecular formula is C12H16BrFN2. The maximum absolute atomic E-state index is 13.6. The summed E-state index contributed by atoms with van der Waals surface area (Å²) in [5, 5.41) is 0. The lowest BCUT2D eigenvalue weighted by Gasteiger charge is -2.32. The van der Waals surface area contributed by atoms with Gasteiger partial charge < -0.3 is 4.90 Å². The highest BCUT2D eigenvalue weighted by Crippen LogP contribution is 2.21. The number of rotatable bonds is 2. The van der Waals surface area contributed by atoms with Gasteiger partial charge in [0.1, 0.15) is 5.82 Å². The first-order valence-electron chi connectivity index (χ1n) is 5.50. The third-order valence-corrected chi connectivity index (χ3v) is 3.78. The molecule has 0 unspecified atom stereocenters. The highest BCUT2D eigenvalue weighted by Gasteiger charge is 2.16. The summed E-state index contributed by atoms with van der Waals surface area (Å²) < 4.78 is 14.5. The van der Waals surface area contributed by atoms with Crippen LogP contribution in [0.15, 0.2) is 22.7 Å². The van der Waals surface area contributed by atoms with Gasteiger partial charge in [-0.3, -0.25) is 4.90 Å². The normalized spacial score (nSPS) is 18.9. The molecule has 0 radical (unpaired) electrons. The van der Waals surface area contributed by atoms with Crippen LogP contribution >= 0.6 is 15.9 Å². The molecular weight excluding hydrogens is 271 g/mol. The molecule has 0 bridgehead atoms. The first-order chi connectivity index (χ1) is 7.66. The van der Waals surface area contributed by atoms with Crippen molar-refractivity contribution in [3.63, 3.8) is 0 Å². The Bertz CT molecular complexity index is 342. The van der Waals surface area contributed by atoms with Gasteiger partial charge in [0, 0.05) is 42.8 Å². The minimum atomic E-state index is -0.117. The van der Waals surface area contributed by atoms with Gasteiger partial charge in [0.15, 0.2) is 0 Å². The van der Waals surface area contributed by atoms with Crippen LogP contribution in [-0.2, 0) is 6.54 Å². The van der Waals surface area contributed by atoms with Crippen LogP contribution in [0.25, 0.3) is 0 Å². The van der Waals surface area contributed by atoms with E-state index in [9.17, 15) is 4.39 Å². The second-order valence-electron chi connectivity index (χ2n) is 4.28. The molecule has 0 N–H and O–H groups in total. The first-order valence-corrected chi connectivity index (χ1v) is 6.30. The van der Waals surface area contributed by atoms with Crippen molar-refractivity contribution in [2.24, 2.45) is 0 Å². The molecule has 0 saturated carbocycles. The Kier molecular flexibility index (Phi) is 3.95. The zero-order valence-corrected chi connectivity index (χ0v) is 11.0. The summed E-state index contributed by atoms with van der Waals surface area (Å²) in [5.74, 6) is -0.117. The van der Waals surface area contributed by atoms with Gasteiger partial charge in [0.2, 0.25) is 0 Å². The van der Waals surface area contributed by atoms with Crippen molar-refractivity contribution in [3.05, 3.63) is 34.1 Å². The minimum absolute atomic E-state index is 0.117. The molecule has 2 nitrogen and oxygen atoms in total. The highest BCUT2D eigenvalue weighted by atomic mass is 79.9. The third-order valence-electron chi connectivity index (χ3n) is 3.04. The molecule has 16 heavy (non-hydrogen) atoms. The molecule has 1 heterocycles. The number of halogens is 2. The van der Waals surface area contributed by atoms with Crippen LogP contribution in [-0.4, -0.2) is 43.0 Å². The monoisotopic (exact) mass is 286 g/mol. The molecule has 1 aromatic rings. The van der Waals surface area contributed by atoms with Crippen molar-refractivity contribution in [2.45, 2.75) is 6.54 Å². The van der Waals surface area contributed by atoms with Crippen molar-refractivity contribution in [2.75, 3.05) is 33.2 Å². The second-order valence-corrected chi connectivity index (χ2v) is 5.13. The topological polar surface area (TPSA) is 6.48 Å².